The first-order valence-electron chi connectivity index (χ1n) is 9.52. The molecule has 1 aliphatic heterocycles. The first kappa shape index (κ1) is 19.8. The number of ether oxygens (including phenoxy) is 1. The zero-order chi connectivity index (χ0) is 20.1. The molecule has 1 fully saturated rings. The van der Waals surface area contributed by atoms with E-state index in [9.17, 15) is 14.4 Å². The van der Waals surface area contributed by atoms with Crippen LogP contribution in [0.4, 0.5) is 4.79 Å². The van der Waals surface area contributed by atoms with Gasteiger partial charge in [-0.3, -0.25) is 9.59 Å². The number of Topliss-reactive ketones (excluding diaryl/α,β-unsaturated/α-hetero) is 1. The summed E-state index contributed by atoms with van der Waals surface area (Å²) in [4.78, 5) is 41.4. The minimum atomic E-state index is -0.641. The molecule has 2 aromatic rings. The van der Waals surface area contributed by atoms with E-state index >= 15 is 0 Å². The summed E-state index contributed by atoms with van der Waals surface area (Å²) in [5, 5.41) is 0. The largest absolute Gasteiger partial charge is 0.417 e. The maximum Gasteiger partial charge on any atom is 0.417 e. The molecule has 0 unspecified atom stereocenters. The molecular weight excluding hydrogens is 358 g/mol. The summed E-state index contributed by atoms with van der Waals surface area (Å²) < 4.78 is 6.51. The quantitative estimate of drug-likeness (QED) is 0.450. The van der Waals surface area contributed by atoms with Crippen molar-refractivity contribution in [3.8, 4) is 0 Å². The molecule has 0 radical (unpaired) electrons. The molecule has 3 rings (SSSR count). The number of hydrogen-bond acceptors (Lipinski definition) is 5. The van der Waals surface area contributed by atoms with Gasteiger partial charge in [-0.25, -0.2) is 9.78 Å². The van der Waals surface area contributed by atoms with E-state index in [0.717, 1.165) is 6.42 Å². The Kier molecular flexibility index (Phi) is 6.23. The number of hydrogen-bond donors (Lipinski definition) is 0. The Bertz CT molecular complexity index is 849. The summed E-state index contributed by atoms with van der Waals surface area (Å²) in [7, 11) is 0. The van der Waals surface area contributed by atoms with Gasteiger partial charge in [-0.2, -0.15) is 0 Å². The number of esters is 1. The Morgan fingerprint density at radius 2 is 1.82 bits per heavy atom. The fourth-order valence-corrected chi connectivity index (χ4v) is 3.41. The summed E-state index contributed by atoms with van der Waals surface area (Å²) in [6.07, 6.45) is 4.75. The van der Waals surface area contributed by atoms with Crippen molar-refractivity contribution >= 4 is 17.8 Å². The molecule has 1 aromatic carbocycles. The van der Waals surface area contributed by atoms with E-state index in [1.165, 1.54) is 23.0 Å². The molecule has 7 nitrogen and oxygen atoms in total. The number of likely N-dealkylation sites (tertiary alicyclic amines) is 1. The highest BCUT2D eigenvalue weighted by Crippen LogP contribution is 2.22. The van der Waals surface area contributed by atoms with Gasteiger partial charge >= 0.3 is 12.1 Å². The minimum absolute atomic E-state index is 0.00786. The molecule has 148 valence electrons. The van der Waals surface area contributed by atoms with E-state index in [1.54, 1.807) is 6.20 Å². The van der Waals surface area contributed by atoms with Crippen LogP contribution in [0.5, 0.6) is 0 Å². The molecule has 1 aromatic heterocycles. The summed E-state index contributed by atoms with van der Waals surface area (Å²) in [5.74, 6) is -0.328. The normalized spacial score (nSPS) is 14.7. The van der Waals surface area contributed by atoms with E-state index < -0.39 is 12.1 Å². The maximum absolute atomic E-state index is 12.9. The number of carbonyl (C=O) groups is 3. The Hall–Kier alpha value is -2.96. The number of nitrogens with zero attached hydrogens (tertiary/aromatic N) is 3. The predicted octanol–water partition coefficient (Wildman–Crippen LogP) is 3.01. The molecule has 0 spiro atoms. The standard InChI is InChI=1S/C21H25N3O4/c1-15-3-5-17(6-4-15)7-11-23-14-10-22-20(23)19(26)18-8-12-24(13-9-18)21(27)28-16(2)25/h3-6,10,14,18H,7-9,11-13H2,1-2H3. The lowest BCUT2D eigenvalue weighted by atomic mass is 9.92. The van der Waals surface area contributed by atoms with Crippen LogP contribution in [0.15, 0.2) is 36.7 Å². The van der Waals surface area contributed by atoms with Gasteiger partial charge < -0.3 is 14.2 Å². The van der Waals surface area contributed by atoms with Crippen LogP contribution in [0.2, 0.25) is 0 Å². The van der Waals surface area contributed by atoms with Gasteiger partial charge in [-0.1, -0.05) is 29.8 Å². The van der Waals surface area contributed by atoms with E-state index in [1.807, 2.05) is 10.8 Å². The van der Waals surface area contributed by atoms with Crippen LogP contribution in [0.3, 0.4) is 0 Å². The molecule has 28 heavy (non-hydrogen) atoms. The van der Waals surface area contributed by atoms with Crippen LogP contribution < -0.4 is 0 Å². The van der Waals surface area contributed by atoms with E-state index in [0.29, 0.717) is 38.3 Å². The molecule has 1 amide bonds. The SMILES string of the molecule is CC(=O)OC(=O)N1CCC(C(=O)c2nccn2CCc2ccc(C)cc2)CC1. The monoisotopic (exact) mass is 383 g/mol. The van der Waals surface area contributed by atoms with Gasteiger partial charge in [0.25, 0.3) is 0 Å². The van der Waals surface area contributed by atoms with Gasteiger partial charge in [0.05, 0.1) is 0 Å². The summed E-state index contributed by atoms with van der Waals surface area (Å²) in [6.45, 7) is 4.74. The molecule has 1 aliphatic rings. The van der Waals surface area contributed by atoms with Gasteiger partial charge in [0.2, 0.25) is 5.78 Å². The van der Waals surface area contributed by atoms with Crippen molar-refractivity contribution in [2.24, 2.45) is 5.92 Å². The smallest absolute Gasteiger partial charge is 0.376 e. The van der Waals surface area contributed by atoms with Crippen molar-refractivity contribution in [3.63, 3.8) is 0 Å². The molecule has 0 saturated carbocycles. The number of aromatic nitrogens is 2. The van der Waals surface area contributed by atoms with Crippen molar-refractivity contribution in [2.45, 2.75) is 39.7 Å². The van der Waals surface area contributed by atoms with Crippen molar-refractivity contribution < 1.29 is 19.1 Å². The highest BCUT2D eigenvalue weighted by atomic mass is 16.6. The van der Waals surface area contributed by atoms with Crippen LogP contribution in [0, 0.1) is 12.8 Å². The topological polar surface area (TPSA) is 81.5 Å². The number of benzene rings is 1. The zero-order valence-electron chi connectivity index (χ0n) is 16.3. The van der Waals surface area contributed by atoms with Gasteiger partial charge in [0.1, 0.15) is 0 Å². The fourth-order valence-electron chi connectivity index (χ4n) is 3.41. The van der Waals surface area contributed by atoms with Crippen LogP contribution in [0.25, 0.3) is 0 Å². The lowest BCUT2D eigenvalue weighted by Crippen LogP contribution is -2.41. The number of ketones is 1. The second-order valence-corrected chi connectivity index (χ2v) is 7.16. The van der Waals surface area contributed by atoms with Gasteiger partial charge in [0, 0.05) is 44.9 Å². The Morgan fingerprint density at radius 1 is 1.14 bits per heavy atom. The van der Waals surface area contributed by atoms with E-state index in [2.05, 4.69) is 40.9 Å². The van der Waals surface area contributed by atoms with Gasteiger partial charge in [0.15, 0.2) is 5.82 Å². The molecule has 0 atom stereocenters. The Balaban J connectivity index is 1.57. The number of imidazole rings is 1. The van der Waals surface area contributed by atoms with Crippen LogP contribution in [0.1, 0.15) is 41.5 Å². The van der Waals surface area contributed by atoms with E-state index in [4.69, 9.17) is 0 Å². The molecule has 0 N–H and O–H groups in total. The lowest BCUT2D eigenvalue weighted by molar-refractivity contribution is -0.135. The first-order chi connectivity index (χ1) is 13.4. The minimum Gasteiger partial charge on any atom is -0.376 e. The third-order valence-corrected chi connectivity index (χ3v) is 5.05. The van der Waals surface area contributed by atoms with Crippen molar-refractivity contribution in [2.75, 3.05) is 13.1 Å². The number of carbonyl (C=O) groups excluding carboxylic acids is 3. The maximum atomic E-state index is 12.9. The average molecular weight is 383 g/mol. The number of piperidine rings is 1. The highest BCUT2D eigenvalue weighted by Gasteiger charge is 2.30. The number of aryl methyl sites for hydroxylation is 3. The fraction of sp³-hybridized carbons (Fsp3) is 0.429. The molecule has 2 heterocycles. The summed E-state index contributed by atoms with van der Waals surface area (Å²) in [5.41, 5.74) is 2.44. The Labute approximate surface area is 164 Å². The highest BCUT2D eigenvalue weighted by molar-refractivity contribution is 5.95. The van der Waals surface area contributed by atoms with Crippen molar-refractivity contribution in [3.05, 3.63) is 53.6 Å². The third kappa shape index (κ3) is 4.85. The first-order valence-corrected chi connectivity index (χ1v) is 9.52. The van der Waals surface area contributed by atoms with Crippen LogP contribution in [-0.4, -0.2) is 45.4 Å². The third-order valence-electron chi connectivity index (χ3n) is 5.05. The van der Waals surface area contributed by atoms with Crippen molar-refractivity contribution in [1.29, 1.82) is 0 Å². The van der Waals surface area contributed by atoms with Crippen LogP contribution >= 0.6 is 0 Å². The Morgan fingerprint density at radius 3 is 2.46 bits per heavy atom. The molecule has 1 saturated heterocycles. The van der Waals surface area contributed by atoms with E-state index in [-0.39, 0.29) is 11.7 Å². The summed E-state index contributed by atoms with van der Waals surface area (Å²) in [6, 6.07) is 8.37. The number of rotatable bonds is 5. The van der Waals surface area contributed by atoms with Crippen molar-refractivity contribution in [1.82, 2.24) is 14.5 Å². The molecule has 0 aliphatic carbocycles. The summed E-state index contributed by atoms with van der Waals surface area (Å²) >= 11 is 0. The van der Waals surface area contributed by atoms with Gasteiger partial charge in [-0.05, 0) is 31.7 Å². The second kappa shape index (κ2) is 8.82. The predicted molar refractivity (Wildman–Crippen MR) is 103 cm³/mol. The van der Waals surface area contributed by atoms with Gasteiger partial charge in [-0.15, -0.1) is 0 Å². The lowest BCUT2D eigenvalue weighted by Gasteiger charge is -2.30. The van der Waals surface area contributed by atoms with Crippen LogP contribution in [-0.2, 0) is 22.5 Å². The molecule has 0 bridgehead atoms. The average Bonchev–Trinajstić information content (AvgIpc) is 3.15. The second-order valence-electron chi connectivity index (χ2n) is 7.16. The zero-order valence-corrected chi connectivity index (χ0v) is 16.3. The molecular formula is C21H25N3O4. The number of amides is 1. The molecule has 7 heteroatoms.